The maximum atomic E-state index is 11.9. The molecule has 1 aliphatic rings. The van der Waals surface area contributed by atoms with Gasteiger partial charge in [-0.05, 0) is 42.9 Å². The Kier molecular flexibility index (Phi) is 5.69. The molecule has 0 saturated heterocycles. The van der Waals surface area contributed by atoms with Crippen molar-refractivity contribution in [2.75, 3.05) is 25.2 Å². The number of thioether (sulfide) groups is 1. The number of thiocarbonyl (C=S) groups is 1. The third kappa shape index (κ3) is 3.55. The summed E-state index contributed by atoms with van der Waals surface area (Å²) in [5, 5.41) is 0.217. The normalized spacial score (nSPS) is 17.8. The largest absolute Gasteiger partial charge is 0.497 e. The summed E-state index contributed by atoms with van der Waals surface area (Å²) < 4.78 is 11.2. The Bertz CT molecular complexity index is 577. The minimum atomic E-state index is 0.0542. The Labute approximate surface area is 141 Å². The number of rotatable bonds is 4. The van der Waals surface area contributed by atoms with E-state index in [9.17, 15) is 4.79 Å². The molecule has 1 heterocycles. The molecule has 0 fully saturated rings. The highest BCUT2D eigenvalue weighted by molar-refractivity contribution is 8.23. The molecule has 0 saturated carbocycles. The smallest absolute Gasteiger partial charge is 0.223 e. The van der Waals surface area contributed by atoms with Gasteiger partial charge in [0, 0.05) is 30.3 Å². The molecule has 1 aromatic rings. The summed E-state index contributed by atoms with van der Waals surface area (Å²) in [6.45, 7) is 6.88. The fourth-order valence-electron chi connectivity index (χ4n) is 2.68. The van der Waals surface area contributed by atoms with Crippen LogP contribution in [-0.2, 0) is 9.53 Å². The number of methoxy groups -OCH3 is 1. The summed E-state index contributed by atoms with van der Waals surface area (Å²) in [5.74, 6) is 1.06. The first-order valence-corrected chi connectivity index (χ1v) is 8.56. The highest BCUT2D eigenvalue weighted by Crippen LogP contribution is 2.43. The van der Waals surface area contributed by atoms with Gasteiger partial charge in [-0.15, -0.1) is 0 Å². The highest BCUT2D eigenvalue weighted by Gasteiger charge is 2.35. The average Bonchev–Trinajstić information content (AvgIpc) is 2.86. The molecule has 0 radical (unpaired) electrons. The molecule has 1 aliphatic heterocycles. The van der Waals surface area contributed by atoms with Gasteiger partial charge in [0.15, 0.2) is 0 Å². The van der Waals surface area contributed by atoms with E-state index >= 15 is 0 Å². The van der Waals surface area contributed by atoms with Gasteiger partial charge in [-0.25, -0.2) is 0 Å². The number of fused-ring (bicyclic) bond motifs is 1. The number of amides is 1. The van der Waals surface area contributed by atoms with Crippen LogP contribution in [0.15, 0.2) is 18.2 Å². The van der Waals surface area contributed by atoms with E-state index < -0.39 is 0 Å². The number of ether oxygens (including phenoxy) is 2. The monoisotopic (exact) mass is 339 g/mol. The molecule has 1 amide bonds. The molecule has 1 aromatic carbocycles. The van der Waals surface area contributed by atoms with Crippen LogP contribution in [0.2, 0.25) is 0 Å². The number of carbonyl (C=O) groups is 1. The van der Waals surface area contributed by atoms with Crippen LogP contribution in [0.3, 0.4) is 0 Å². The fourth-order valence-corrected chi connectivity index (χ4v) is 4.14. The molecule has 0 bridgehead atoms. The minimum Gasteiger partial charge on any atom is -0.497 e. The first kappa shape index (κ1) is 17.1. The number of nitrogens with zero attached hydrogens (tertiary/aromatic N) is 1. The van der Waals surface area contributed by atoms with Crippen LogP contribution in [0.5, 0.6) is 5.75 Å². The van der Waals surface area contributed by atoms with Crippen molar-refractivity contribution in [2.24, 2.45) is 0 Å². The molecule has 2 rings (SSSR count). The van der Waals surface area contributed by atoms with E-state index in [1.807, 2.05) is 30.0 Å². The summed E-state index contributed by atoms with van der Waals surface area (Å²) in [5.41, 5.74) is 2.10. The lowest BCUT2D eigenvalue weighted by Gasteiger charge is -2.20. The summed E-state index contributed by atoms with van der Waals surface area (Å²) >= 11 is 6.77. The second kappa shape index (κ2) is 7.33. The van der Waals surface area contributed by atoms with Crippen LogP contribution in [0.4, 0.5) is 5.69 Å². The van der Waals surface area contributed by atoms with Gasteiger partial charge in [0.05, 0.1) is 13.7 Å². The molecule has 22 heavy (non-hydrogen) atoms. The number of hydrogen-bond acceptors (Lipinski definition) is 5. The van der Waals surface area contributed by atoms with Crippen LogP contribution in [0.1, 0.15) is 32.3 Å². The Hall–Kier alpha value is -1.27. The van der Waals surface area contributed by atoms with E-state index in [1.165, 1.54) is 0 Å². The second-order valence-electron chi connectivity index (χ2n) is 5.17. The zero-order chi connectivity index (χ0) is 16.3. The topological polar surface area (TPSA) is 38.8 Å². The molecule has 120 valence electrons. The van der Waals surface area contributed by atoms with Gasteiger partial charge in [0.2, 0.25) is 10.3 Å². The predicted molar refractivity (Wildman–Crippen MR) is 95.0 cm³/mol. The standard InChI is InChI=1S/C16H21NO3S2/c1-5-20-16(21)22-10(2)14-9-17(11(3)18)15-7-6-12(19-4)8-13(14)15/h6-8,10,14H,5,9H2,1-4H3. The first-order valence-electron chi connectivity index (χ1n) is 7.27. The van der Waals surface area contributed by atoms with Crippen molar-refractivity contribution in [1.82, 2.24) is 0 Å². The Morgan fingerprint density at radius 3 is 2.86 bits per heavy atom. The average molecular weight is 339 g/mol. The Morgan fingerprint density at radius 1 is 1.55 bits per heavy atom. The molecule has 0 aromatic heterocycles. The van der Waals surface area contributed by atoms with E-state index in [4.69, 9.17) is 21.7 Å². The maximum Gasteiger partial charge on any atom is 0.223 e. The zero-order valence-corrected chi connectivity index (χ0v) is 14.9. The van der Waals surface area contributed by atoms with Crippen molar-refractivity contribution in [3.63, 3.8) is 0 Å². The van der Waals surface area contributed by atoms with E-state index in [2.05, 4.69) is 6.92 Å². The van der Waals surface area contributed by atoms with Crippen molar-refractivity contribution in [3.8, 4) is 5.75 Å². The first-order chi connectivity index (χ1) is 10.5. The molecule has 0 N–H and O–H groups in total. The number of anilines is 1. The fraction of sp³-hybridized carbons (Fsp3) is 0.500. The molecule has 6 heteroatoms. The number of hydrogen-bond donors (Lipinski definition) is 0. The minimum absolute atomic E-state index is 0.0542. The van der Waals surface area contributed by atoms with Crippen molar-refractivity contribution in [2.45, 2.75) is 31.9 Å². The van der Waals surface area contributed by atoms with E-state index in [1.54, 1.807) is 25.8 Å². The van der Waals surface area contributed by atoms with Crippen molar-refractivity contribution in [1.29, 1.82) is 0 Å². The number of benzene rings is 1. The SMILES string of the molecule is CCOC(=S)SC(C)C1CN(C(C)=O)c2ccc(OC)cc21. The van der Waals surface area contributed by atoms with Gasteiger partial charge in [0.1, 0.15) is 5.75 Å². The lowest BCUT2D eigenvalue weighted by molar-refractivity contribution is -0.116. The summed E-state index contributed by atoms with van der Waals surface area (Å²) in [7, 11) is 1.65. The van der Waals surface area contributed by atoms with Crippen molar-refractivity contribution < 1.29 is 14.3 Å². The molecule has 4 nitrogen and oxygen atoms in total. The molecular formula is C16H21NO3S2. The predicted octanol–water partition coefficient (Wildman–Crippen LogP) is 3.59. The second-order valence-corrected chi connectivity index (χ2v) is 7.15. The Morgan fingerprint density at radius 2 is 2.27 bits per heavy atom. The third-order valence-corrected chi connectivity index (χ3v) is 5.21. The van der Waals surface area contributed by atoms with Gasteiger partial charge in [-0.2, -0.15) is 0 Å². The van der Waals surface area contributed by atoms with Crippen LogP contribution < -0.4 is 9.64 Å². The summed E-state index contributed by atoms with van der Waals surface area (Å²) in [6, 6.07) is 5.86. The van der Waals surface area contributed by atoms with E-state index in [0.717, 1.165) is 17.0 Å². The van der Waals surface area contributed by atoms with Crippen molar-refractivity contribution >= 4 is 40.0 Å². The van der Waals surface area contributed by atoms with Crippen LogP contribution in [0, 0.1) is 0 Å². The molecule has 2 atom stereocenters. The lowest BCUT2D eigenvalue weighted by Crippen LogP contribution is -2.29. The summed E-state index contributed by atoms with van der Waals surface area (Å²) in [4.78, 5) is 13.7. The maximum absolute atomic E-state index is 11.9. The molecule has 0 spiro atoms. The van der Waals surface area contributed by atoms with Crippen LogP contribution in [0.25, 0.3) is 0 Å². The molecule has 2 unspecified atom stereocenters. The van der Waals surface area contributed by atoms with Crippen molar-refractivity contribution in [3.05, 3.63) is 23.8 Å². The van der Waals surface area contributed by atoms with Gasteiger partial charge in [0.25, 0.3) is 0 Å². The van der Waals surface area contributed by atoms with Crippen LogP contribution >= 0.6 is 24.0 Å². The Balaban J connectivity index is 2.27. The number of carbonyl (C=O) groups excluding carboxylic acids is 1. The van der Waals surface area contributed by atoms with E-state index in [-0.39, 0.29) is 17.1 Å². The van der Waals surface area contributed by atoms with E-state index in [0.29, 0.717) is 17.5 Å². The summed E-state index contributed by atoms with van der Waals surface area (Å²) in [6.07, 6.45) is 0. The van der Waals surface area contributed by atoms with Gasteiger partial charge in [-0.3, -0.25) is 4.79 Å². The molecule has 0 aliphatic carbocycles. The molecular weight excluding hydrogens is 318 g/mol. The van der Waals surface area contributed by atoms with Gasteiger partial charge in [-0.1, -0.05) is 18.7 Å². The van der Waals surface area contributed by atoms with Gasteiger partial charge >= 0.3 is 0 Å². The zero-order valence-electron chi connectivity index (χ0n) is 13.3. The third-order valence-electron chi connectivity index (χ3n) is 3.80. The van der Waals surface area contributed by atoms with Crippen LogP contribution in [-0.4, -0.2) is 35.8 Å². The lowest BCUT2D eigenvalue weighted by atomic mass is 9.98. The highest BCUT2D eigenvalue weighted by atomic mass is 32.2. The van der Waals surface area contributed by atoms with Gasteiger partial charge < -0.3 is 14.4 Å². The quantitative estimate of drug-likeness (QED) is 0.784.